The molecule has 2 heterocycles. The lowest BCUT2D eigenvalue weighted by Gasteiger charge is -1.98. The van der Waals surface area contributed by atoms with Gasteiger partial charge in [-0.15, -0.1) is 0 Å². The number of aromatic nitrogens is 4. The Morgan fingerprint density at radius 1 is 0.870 bits per heavy atom. The van der Waals surface area contributed by atoms with E-state index >= 15 is 0 Å². The Morgan fingerprint density at radius 3 is 2.22 bits per heavy atom. The van der Waals surface area contributed by atoms with Crippen LogP contribution in [0, 0.1) is 0 Å². The molecule has 6 heteroatoms. The highest BCUT2D eigenvalue weighted by atomic mass is 35.5. The van der Waals surface area contributed by atoms with E-state index in [4.69, 9.17) is 0 Å². The van der Waals surface area contributed by atoms with Crippen LogP contribution >= 0.6 is 11.3 Å². The van der Waals surface area contributed by atoms with Gasteiger partial charge in [-0.2, -0.15) is 11.3 Å². The molecule has 23 heavy (non-hydrogen) atoms. The molecule has 4 rings (SSSR count). The van der Waals surface area contributed by atoms with E-state index in [0.717, 1.165) is 16.9 Å². The maximum atomic E-state index is 4.67. The van der Waals surface area contributed by atoms with Crippen LogP contribution in [0.1, 0.15) is 0 Å². The molecule has 114 valence electrons. The van der Waals surface area contributed by atoms with Gasteiger partial charge in [0.2, 0.25) is 0 Å². The van der Waals surface area contributed by atoms with Crippen LogP contribution in [0.5, 0.6) is 0 Å². The summed E-state index contributed by atoms with van der Waals surface area (Å²) >= 11 is 1.64. The van der Waals surface area contributed by atoms with Gasteiger partial charge in [-0.3, -0.25) is 0 Å². The van der Waals surface area contributed by atoms with Crippen LogP contribution in [0.4, 0.5) is 0 Å². The highest BCUT2D eigenvalue weighted by molar-refractivity contribution is 7.08. The monoisotopic (exact) mass is 340 g/mol. The topological polar surface area (TPSA) is 34.6 Å². The highest BCUT2D eigenvalue weighted by Gasteiger charge is 2.23. The van der Waals surface area contributed by atoms with Crippen molar-refractivity contribution < 1.29 is 17.2 Å². The summed E-state index contributed by atoms with van der Waals surface area (Å²) in [7, 11) is 0. The van der Waals surface area contributed by atoms with Crippen LogP contribution in [-0.4, -0.2) is 15.0 Å². The Bertz CT molecular complexity index is 817. The van der Waals surface area contributed by atoms with Gasteiger partial charge in [0.25, 0.3) is 0 Å². The first-order valence-electron chi connectivity index (χ1n) is 6.95. The van der Waals surface area contributed by atoms with Gasteiger partial charge in [-0.1, -0.05) is 36.4 Å². The van der Waals surface area contributed by atoms with Crippen LogP contribution in [0.2, 0.25) is 0 Å². The smallest absolute Gasteiger partial charge is 0.340 e. The van der Waals surface area contributed by atoms with Crippen molar-refractivity contribution in [1.82, 2.24) is 15.0 Å². The Kier molecular flexibility index (Phi) is 4.50. The first-order chi connectivity index (χ1) is 10.9. The molecule has 2 aromatic carbocycles. The molecule has 0 bridgehead atoms. The third-order valence-electron chi connectivity index (χ3n) is 3.31. The van der Waals surface area contributed by atoms with Crippen molar-refractivity contribution in [2.75, 3.05) is 0 Å². The number of hydrogen-bond acceptors (Lipinski definition) is 3. The molecule has 0 radical (unpaired) electrons. The van der Waals surface area contributed by atoms with Crippen LogP contribution in [0.25, 0.3) is 22.8 Å². The predicted octanol–water partition coefficient (Wildman–Crippen LogP) is 0.277. The van der Waals surface area contributed by atoms with Crippen molar-refractivity contribution in [3.8, 4) is 22.8 Å². The highest BCUT2D eigenvalue weighted by Crippen LogP contribution is 2.17. The SMILES string of the molecule is [Cl-].c1ccc(-n2nc(-c3ccsc3)n[n+]2-c2ccccc2)cc1. The van der Waals surface area contributed by atoms with Crippen LogP contribution in [0.3, 0.4) is 0 Å². The Morgan fingerprint density at radius 2 is 1.57 bits per heavy atom. The second kappa shape index (κ2) is 6.73. The van der Waals surface area contributed by atoms with Gasteiger partial charge in [-0.25, -0.2) is 0 Å². The van der Waals surface area contributed by atoms with Crippen LogP contribution in [0.15, 0.2) is 77.5 Å². The predicted molar refractivity (Wildman–Crippen MR) is 86.2 cm³/mol. The average Bonchev–Trinajstić information content (AvgIpc) is 3.26. The third-order valence-corrected chi connectivity index (χ3v) is 4.00. The minimum atomic E-state index is 0. The molecule has 0 saturated heterocycles. The summed E-state index contributed by atoms with van der Waals surface area (Å²) < 4.78 is 0. The van der Waals surface area contributed by atoms with E-state index in [2.05, 4.69) is 15.6 Å². The van der Waals surface area contributed by atoms with E-state index in [1.54, 1.807) is 11.3 Å². The minimum absolute atomic E-state index is 0. The Balaban J connectivity index is 0.00000156. The van der Waals surface area contributed by atoms with Gasteiger partial charge in [0.1, 0.15) is 5.69 Å². The summed E-state index contributed by atoms with van der Waals surface area (Å²) in [5.41, 5.74) is 2.98. The molecule has 0 unspecified atom stereocenters. The lowest BCUT2D eigenvalue weighted by Crippen LogP contribution is -3.00. The maximum Gasteiger partial charge on any atom is 0.340 e. The quantitative estimate of drug-likeness (QED) is 0.502. The number of thiophene rings is 1. The van der Waals surface area contributed by atoms with Gasteiger partial charge in [0.15, 0.2) is 5.69 Å². The van der Waals surface area contributed by atoms with E-state index in [0.29, 0.717) is 5.82 Å². The molecule has 0 N–H and O–H groups in total. The van der Waals surface area contributed by atoms with Crippen molar-refractivity contribution in [2.24, 2.45) is 0 Å². The van der Waals surface area contributed by atoms with Gasteiger partial charge < -0.3 is 12.4 Å². The number of hydrogen-bond donors (Lipinski definition) is 0. The van der Waals surface area contributed by atoms with Crippen molar-refractivity contribution in [3.05, 3.63) is 77.5 Å². The minimum Gasteiger partial charge on any atom is -1.00 e. The second-order valence-electron chi connectivity index (χ2n) is 4.79. The average molecular weight is 341 g/mol. The van der Waals surface area contributed by atoms with Crippen LogP contribution < -0.4 is 17.2 Å². The summed E-state index contributed by atoms with van der Waals surface area (Å²) in [5, 5.41) is 13.4. The standard InChI is InChI=1S/C17H13N4S.ClH/c1-3-7-15(8-4-1)20-18-17(14-11-12-22-13-14)19-21(20)16-9-5-2-6-10-16;/h1-13H;1H/q+1;/p-1. The fourth-order valence-electron chi connectivity index (χ4n) is 2.25. The van der Waals surface area contributed by atoms with Crippen molar-refractivity contribution in [1.29, 1.82) is 0 Å². The molecule has 4 nitrogen and oxygen atoms in total. The molecule has 4 aromatic rings. The fourth-order valence-corrected chi connectivity index (χ4v) is 2.88. The van der Waals surface area contributed by atoms with E-state index in [1.807, 2.05) is 81.7 Å². The Labute approximate surface area is 144 Å². The van der Waals surface area contributed by atoms with Gasteiger partial charge in [0.05, 0.1) is 10.7 Å². The molecule has 2 aromatic heterocycles. The largest absolute Gasteiger partial charge is 1.00 e. The number of benzene rings is 2. The van der Waals surface area contributed by atoms with E-state index in [1.165, 1.54) is 0 Å². The maximum absolute atomic E-state index is 4.67. The normalized spacial score (nSPS) is 10.3. The summed E-state index contributed by atoms with van der Waals surface area (Å²) in [5.74, 6) is 0.717. The van der Waals surface area contributed by atoms with Crippen molar-refractivity contribution >= 4 is 11.3 Å². The molecule has 0 amide bonds. The third kappa shape index (κ3) is 3.02. The zero-order chi connectivity index (χ0) is 14.8. The molecule has 0 aliphatic heterocycles. The summed E-state index contributed by atoms with van der Waals surface area (Å²) in [6, 6.07) is 22.1. The molecule has 0 atom stereocenters. The molecular formula is C17H13ClN4S. The number of halogens is 1. The first-order valence-corrected chi connectivity index (χ1v) is 7.89. The zero-order valence-corrected chi connectivity index (χ0v) is 13.7. The van der Waals surface area contributed by atoms with Crippen molar-refractivity contribution in [3.63, 3.8) is 0 Å². The molecule has 0 aliphatic carbocycles. The first kappa shape index (κ1) is 15.4. The van der Waals surface area contributed by atoms with E-state index < -0.39 is 0 Å². The number of rotatable bonds is 3. The second-order valence-corrected chi connectivity index (χ2v) is 5.57. The van der Waals surface area contributed by atoms with Gasteiger partial charge >= 0.3 is 5.82 Å². The van der Waals surface area contributed by atoms with Gasteiger partial charge in [0, 0.05) is 10.2 Å². The fraction of sp³-hybridized carbons (Fsp3) is 0. The lowest BCUT2D eigenvalue weighted by molar-refractivity contribution is -0.734. The number of para-hydroxylation sites is 2. The zero-order valence-electron chi connectivity index (χ0n) is 12.1. The van der Waals surface area contributed by atoms with E-state index in [9.17, 15) is 0 Å². The molecule has 0 aliphatic rings. The number of tetrazole rings is 1. The van der Waals surface area contributed by atoms with Crippen LogP contribution in [-0.2, 0) is 0 Å². The Hall–Kier alpha value is -2.50. The molecule has 0 saturated carbocycles. The summed E-state index contributed by atoms with van der Waals surface area (Å²) in [4.78, 5) is 3.64. The summed E-state index contributed by atoms with van der Waals surface area (Å²) in [6.07, 6.45) is 0. The molecule has 0 spiro atoms. The van der Waals surface area contributed by atoms with Gasteiger partial charge in [-0.05, 0) is 45.6 Å². The molecule has 0 fully saturated rings. The van der Waals surface area contributed by atoms with Crippen molar-refractivity contribution in [2.45, 2.75) is 0 Å². The summed E-state index contributed by atoms with van der Waals surface area (Å²) in [6.45, 7) is 0. The molecular weight excluding hydrogens is 328 g/mol. The lowest BCUT2D eigenvalue weighted by atomic mass is 10.3. The number of nitrogens with zero attached hydrogens (tertiary/aromatic N) is 4. The van der Waals surface area contributed by atoms with E-state index in [-0.39, 0.29) is 12.4 Å².